The molecule has 4 nitrogen and oxygen atoms in total. The summed E-state index contributed by atoms with van der Waals surface area (Å²) >= 11 is 0. The maximum Gasteiger partial charge on any atom is 0.319 e. The highest BCUT2D eigenvalue weighted by Gasteiger charge is 2.00. The van der Waals surface area contributed by atoms with E-state index in [0.29, 0.717) is 12.2 Å². The number of unbranched alkanes of at least 4 members (excludes halogenated alkanes) is 1. The molecule has 2 amide bonds. The molecule has 0 unspecified atom stereocenters. The van der Waals surface area contributed by atoms with Crippen molar-refractivity contribution in [2.75, 3.05) is 11.9 Å². The first kappa shape index (κ1) is 12.5. The third-order valence-corrected chi connectivity index (χ3v) is 2.18. The monoisotopic (exact) mass is 222 g/mol. The van der Waals surface area contributed by atoms with Gasteiger partial charge in [0.25, 0.3) is 0 Å². The molecule has 1 aromatic carbocycles. The van der Waals surface area contributed by atoms with Crippen molar-refractivity contribution < 1.29 is 9.90 Å². The van der Waals surface area contributed by atoms with Gasteiger partial charge in [0.2, 0.25) is 0 Å². The Morgan fingerprint density at radius 2 is 2.25 bits per heavy atom. The van der Waals surface area contributed by atoms with Gasteiger partial charge in [-0.25, -0.2) is 4.79 Å². The van der Waals surface area contributed by atoms with Gasteiger partial charge in [0.1, 0.15) is 0 Å². The average Bonchev–Trinajstić information content (AvgIpc) is 2.29. The number of aliphatic hydroxyl groups excluding tert-OH is 1. The summed E-state index contributed by atoms with van der Waals surface area (Å²) in [7, 11) is 0. The van der Waals surface area contributed by atoms with Gasteiger partial charge in [-0.2, -0.15) is 0 Å². The topological polar surface area (TPSA) is 61.4 Å². The Morgan fingerprint density at radius 3 is 2.94 bits per heavy atom. The number of urea groups is 1. The van der Waals surface area contributed by atoms with Crippen molar-refractivity contribution in [3.05, 3.63) is 29.8 Å². The van der Waals surface area contributed by atoms with Gasteiger partial charge in [-0.15, -0.1) is 0 Å². The number of amides is 2. The summed E-state index contributed by atoms with van der Waals surface area (Å²) in [5.41, 5.74) is 1.48. The molecule has 0 atom stereocenters. The van der Waals surface area contributed by atoms with Crippen LogP contribution in [0.4, 0.5) is 10.5 Å². The van der Waals surface area contributed by atoms with Gasteiger partial charge in [-0.05, 0) is 24.1 Å². The second-order valence-corrected chi connectivity index (χ2v) is 3.59. The molecule has 0 aliphatic heterocycles. The van der Waals surface area contributed by atoms with Crippen LogP contribution in [0.25, 0.3) is 0 Å². The minimum atomic E-state index is -0.205. The average molecular weight is 222 g/mol. The molecule has 1 aromatic rings. The fourth-order valence-electron chi connectivity index (χ4n) is 1.30. The van der Waals surface area contributed by atoms with Gasteiger partial charge in [0.05, 0.1) is 6.61 Å². The molecule has 0 fully saturated rings. The van der Waals surface area contributed by atoms with Crippen LogP contribution < -0.4 is 10.6 Å². The van der Waals surface area contributed by atoms with E-state index in [1.807, 2.05) is 0 Å². The van der Waals surface area contributed by atoms with E-state index in [4.69, 9.17) is 5.11 Å². The third-order valence-electron chi connectivity index (χ3n) is 2.18. The molecule has 0 aromatic heterocycles. The number of benzene rings is 1. The Morgan fingerprint density at radius 1 is 1.44 bits per heavy atom. The Bertz CT molecular complexity index is 340. The number of nitrogens with one attached hydrogen (secondary N) is 2. The fraction of sp³-hybridized carbons (Fsp3) is 0.417. The molecule has 0 saturated carbocycles. The first-order valence-corrected chi connectivity index (χ1v) is 5.51. The predicted octanol–water partition coefficient (Wildman–Crippen LogP) is 2.10. The molecular weight excluding hydrogens is 204 g/mol. The number of aliphatic hydroxyl groups is 1. The van der Waals surface area contributed by atoms with E-state index in [1.54, 1.807) is 24.3 Å². The molecule has 0 radical (unpaired) electrons. The van der Waals surface area contributed by atoms with Gasteiger partial charge in [-0.3, -0.25) is 0 Å². The lowest BCUT2D eigenvalue weighted by Crippen LogP contribution is -2.29. The van der Waals surface area contributed by atoms with Gasteiger partial charge < -0.3 is 15.7 Å². The van der Waals surface area contributed by atoms with Crippen LogP contribution in [0.5, 0.6) is 0 Å². The molecule has 0 saturated heterocycles. The number of hydrogen-bond donors (Lipinski definition) is 3. The molecular formula is C12H18N2O2. The van der Waals surface area contributed by atoms with Crippen molar-refractivity contribution in [1.29, 1.82) is 0 Å². The van der Waals surface area contributed by atoms with Crippen LogP contribution in [-0.4, -0.2) is 17.7 Å². The maximum absolute atomic E-state index is 11.4. The smallest absolute Gasteiger partial charge is 0.319 e. The standard InChI is InChI=1S/C12H18N2O2/c1-2-3-7-13-12(16)14-11-6-4-5-10(8-11)9-15/h4-6,8,15H,2-3,7,9H2,1H3,(H2,13,14,16). The third kappa shape index (κ3) is 4.31. The zero-order chi connectivity index (χ0) is 11.8. The summed E-state index contributed by atoms with van der Waals surface area (Å²) in [6, 6.07) is 6.94. The molecule has 88 valence electrons. The van der Waals surface area contributed by atoms with Gasteiger partial charge >= 0.3 is 6.03 Å². The number of hydrogen-bond acceptors (Lipinski definition) is 2. The minimum Gasteiger partial charge on any atom is -0.392 e. The highest BCUT2D eigenvalue weighted by atomic mass is 16.3. The molecule has 1 rings (SSSR count). The Labute approximate surface area is 95.7 Å². The number of carbonyl (C=O) groups is 1. The Hall–Kier alpha value is -1.55. The summed E-state index contributed by atoms with van der Waals surface area (Å²) in [5.74, 6) is 0. The quantitative estimate of drug-likeness (QED) is 0.668. The van der Waals surface area contributed by atoms with E-state index in [1.165, 1.54) is 0 Å². The van der Waals surface area contributed by atoms with E-state index in [2.05, 4.69) is 17.6 Å². The van der Waals surface area contributed by atoms with E-state index in [-0.39, 0.29) is 12.6 Å². The van der Waals surface area contributed by atoms with Gasteiger partial charge in [-0.1, -0.05) is 25.5 Å². The van der Waals surface area contributed by atoms with Crippen LogP contribution in [-0.2, 0) is 6.61 Å². The van der Waals surface area contributed by atoms with Crippen LogP contribution in [0.3, 0.4) is 0 Å². The van der Waals surface area contributed by atoms with Crippen molar-refractivity contribution in [1.82, 2.24) is 5.32 Å². The molecule has 16 heavy (non-hydrogen) atoms. The van der Waals surface area contributed by atoms with E-state index < -0.39 is 0 Å². The van der Waals surface area contributed by atoms with Gasteiger partial charge in [0.15, 0.2) is 0 Å². The normalized spacial score (nSPS) is 9.88. The largest absolute Gasteiger partial charge is 0.392 e. The van der Waals surface area contributed by atoms with Crippen LogP contribution in [0.15, 0.2) is 24.3 Å². The molecule has 4 heteroatoms. The molecule has 3 N–H and O–H groups in total. The lowest BCUT2D eigenvalue weighted by Gasteiger charge is -2.07. The number of rotatable bonds is 5. The predicted molar refractivity (Wildman–Crippen MR) is 64.3 cm³/mol. The van der Waals surface area contributed by atoms with Crippen LogP contribution in [0, 0.1) is 0 Å². The highest BCUT2D eigenvalue weighted by molar-refractivity contribution is 5.89. The first-order valence-electron chi connectivity index (χ1n) is 5.51. The van der Waals surface area contributed by atoms with Crippen LogP contribution >= 0.6 is 0 Å². The van der Waals surface area contributed by atoms with Crippen molar-refractivity contribution in [2.24, 2.45) is 0 Å². The minimum absolute atomic E-state index is 0.0209. The molecule has 0 spiro atoms. The Kier molecular flexibility index (Phi) is 5.36. The fourth-order valence-corrected chi connectivity index (χ4v) is 1.30. The summed E-state index contributed by atoms with van der Waals surface area (Å²) < 4.78 is 0. The molecule has 0 aliphatic rings. The highest BCUT2D eigenvalue weighted by Crippen LogP contribution is 2.10. The first-order chi connectivity index (χ1) is 7.76. The van der Waals surface area contributed by atoms with E-state index in [0.717, 1.165) is 18.4 Å². The zero-order valence-electron chi connectivity index (χ0n) is 9.49. The summed E-state index contributed by atoms with van der Waals surface area (Å²) in [5, 5.41) is 14.4. The number of anilines is 1. The van der Waals surface area contributed by atoms with Crippen molar-refractivity contribution >= 4 is 11.7 Å². The maximum atomic E-state index is 11.4. The number of carbonyl (C=O) groups excluding carboxylic acids is 1. The molecule has 0 aliphatic carbocycles. The second kappa shape index (κ2) is 6.85. The van der Waals surface area contributed by atoms with Crippen LogP contribution in [0.2, 0.25) is 0 Å². The SMILES string of the molecule is CCCCNC(=O)Nc1cccc(CO)c1. The van der Waals surface area contributed by atoms with Gasteiger partial charge in [0, 0.05) is 12.2 Å². The van der Waals surface area contributed by atoms with E-state index >= 15 is 0 Å². The summed E-state index contributed by atoms with van der Waals surface area (Å²) in [6.45, 7) is 2.74. The van der Waals surface area contributed by atoms with Crippen molar-refractivity contribution in [3.8, 4) is 0 Å². The summed E-state index contributed by atoms with van der Waals surface area (Å²) in [4.78, 5) is 11.4. The Balaban J connectivity index is 2.43. The second-order valence-electron chi connectivity index (χ2n) is 3.59. The van der Waals surface area contributed by atoms with E-state index in [9.17, 15) is 4.79 Å². The summed E-state index contributed by atoms with van der Waals surface area (Å²) in [6.07, 6.45) is 2.03. The lowest BCUT2D eigenvalue weighted by atomic mass is 10.2. The zero-order valence-corrected chi connectivity index (χ0v) is 9.49. The van der Waals surface area contributed by atoms with Crippen LogP contribution in [0.1, 0.15) is 25.3 Å². The lowest BCUT2D eigenvalue weighted by molar-refractivity contribution is 0.252. The van der Waals surface area contributed by atoms with Crippen molar-refractivity contribution in [3.63, 3.8) is 0 Å². The molecule has 0 bridgehead atoms. The molecule has 0 heterocycles. The van der Waals surface area contributed by atoms with Crippen molar-refractivity contribution in [2.45, 2.75) is 26.4 Å².